The van der Waals surface area contributed by atoms with E-state index in [-0.39, 0.29) is 17.7 Å². The van der Waals surface area contributed by atoms with Crippen LogP contribution in [-0.4, -0.2) is 89.7 Å². The Bertz CT molecular complexity index is 1380. The van der Waals surface area contributed by atoms with E-state index in [9.17, 15) is 9.59 Å². The van der Waals surface area contributed by atoms with Crippen molar-refractivity contribution in [2.45, 2.75) is 53.1 Å². The molecule has 3 aromatic rings. The van der Waals surface area contributed by atoms with Crippen LogP contribution in [0.3, 0.4) is 0 Å². The van der Waals surface area contributed by atoms with E-state index < -0.39 is 5.91 Å². The molecule has 0 radical (unpaired) electrons. The van der Waals surface area contributed by atoms with Crippen molar-refractivity contribution in [2.75, 3.05) is 52.3 Å². The molecule has 226 valence electrons. The Hall–Kier alpha value is -4.12. The number of carbonyl (C=O) groups excluding carboxylic acids is 2. The number of hydrogen-bond donors (Lipinski definition) is 1. The number of nitrogens with one attached hydrogen (secondary N) is 1. The summed E-state index contributed by atoms with van der Waals surface area (Å²) in [5, 5.41) is 11.4. The second-order valence-electron chi connectivity index (χ2n) is 10.3. The largest absolute Gasteiger partial charge is 0.497 e. The van der Waals surface area contributed by atoms with E-state index in [0.29, 0.717) is 53.0 Å². The third kappa shape index (κ3) is 6.84. The fourth-order valence-electron chi connectivity index (χ4n) is 5.07. The lowest BCUT2D eigenvalue weighted by Gasteiger charge is -2.34. The summed E-state index contributed by atoms with van der Waals surface area (Å²) in [6, 6.07) is 10.6. The van der Waals surface area contributed by atoms with Gasteiger partial charge in [0.25, 0.3) is 11.8 Å². The van der Waals surface area contributed by atoms with Gasteiger partial charge in [-0.2, -0.15) is 0 Å². The number of piperazine rings is 1. The molecule has 4 rings (SSSR count). The summed E-state index contributed by atoms with van der Waals surface area (Å²) in [5.41, 5.74) is 2.15. The fraction of sp³-hybridized carbons (Fsp3) is 0.484. The molecule has 2 aromatic carbocycles. The van der Waals surface area contributed by atoms with Gasteiger partial charge in [0.1, 0.15) is 22.9 Å². The number of anilines is 1. The van der Waals surface area contributed by atoms with Crippen molar-refractivity contribution < 1.29 is 23.8 Å². The zero-order valence-electron chi connectivity index (χ0n) is 25.5. The third-order valence-corrected chi connectivity index (χ3v) is 7.66. The zero-order chi connectivity index (χ0) is 30.2. The summed E-state index contributed by atoms with van der Waals surface area (Å²) in [4.78, 5) is 31.2. The third-order valence-electron chi connectivity index (χ3n) is 7.66. The number of aromatic nitrogens is 3. The second-order valence-corrected chi connectivity index (χ2v) is 10.3. The van der Waals surface area contributed by atoms with Gasteiger partial charge in [-0.15, -0.1) is 5.10 Å². The van der Waals surface area contributed by atoms with Gasteiger partial charge in [0.05, 0.1) is 31.7 Å². The van der Waals surface area contributed by atoms with Crippen molar-refractivity contribution in [1.82, 2.24) is 24.8 Å². The molecule has 0 unspecified atom stereocenters. The van der Waals surface area contributed by atoms with Gasteiger partial charge in [-0.05, 0) is 56.6 Å². The zero-order valence-corrected chi connectivity index (χ0v) is 25.5. The first-order valence-electron chi connectivity index (χ1n) is 14.6. The monoisotopic (exact) mass is 578 g/mol. The summed E-state index contributed by atoms with van der Waals surface area (Å²) in [6.07, 6.45) is 2.65. The maximum absolute atomic E-state index is 13.6. The summed E-state index contributed by atoms with van der Waals surface area (Å²) >= 11 is 0. The van der Waals surface area contributed by atoms with E-state index in [1.807, 2.05) is 4.90 Å². The average molecular weight is 579 g/mol. The maximum Gasteiger partial charge on any atom is 0.278 e. The number of rotatable bonds is 12. The Morgan fingerprint density at radius 3 is 2.36 bits per heavy atom. The van der Waals surface area contributed by atoms with Crippen molar-refractivity contribution in [3.63, 3.8) is 0 Å². The van der Waals surface area contributed by atoms with E-state index >= 15 is 0 Å². The Morgan fingerprint density at radius 1 is 0.976 bits per heavy atom. The van der Waals surface area contributed by atoms with Gasteiger partial charge in [0.15, 0.2) is 5.69 Å². The van der Waals surface area contributed by atoms with Crippen molar-refractivity contribution >= 4 is 17.5 Å². The highest BCUT2D eigenvalue weighted by atomic mass is 16.5. The molecule has 0 saturated carbocycles. The van der Waals surface area contributed by atoms with Crippen molar-refractivity contribution in [1.29, 1.82) is 0 Å². The lowest BCUT2D eigenvalue weighted by Crippen LogP contribution is -2.48. The van der Waals surface area contributed by atoms with Crippen LogP contribution in [0, 0.1) is 6.92 Å². The Morgan fingerprint density at radius 2 is 1.71 bits per heavy atom. The molecule has 1 N–H and O–H groups in total. The van der Waals surface area contributed by atoms with Crippen LogP contribution in [0.25, 0.3) is 5.69 Å². The normalized spacial score (nSPS) is 14.4. The molecule has 2 heterocycles. The molecule has 42 heavy (non-hydrogen) atoms. The van der Waals surface area contributed by atoms with Crippen LogP contribution in [0.4, 0.5) is 5.69 Å². The number of hydrogen-bond acceptors (Lipinski definition) is 8. The number of ether oxygens (including phenoxy) is 3. The quantitative estimate of drug-likeness (QED) is 0.333. The van der Waals surface area contributed by atoms with Gasteiger partial charge in [-0.25, -0.2) is 4.68 Å². The number of carbonyl (C=O) groups is 2. The number of nitrogens with zero attached hydrogens (tertiary/aromatic N) is 5. The van der Waals surface area contributed by atoms with E-state index in [1.54, 1.807) is 57.5 Å². The predicted molar refractivity (Wildman–Crippen MR) is 161 cm³/mol. The molecule has 1 aliphatic heterocycles. The molecule has 1 aromatic heterocycles. The minimum absolute atomic E-state index is 0.0162. The average Bonchev–Trinajstić information content (AvgIpc) is 3.41. The number of methoxy groups -OCH3 is 2. The highest BCUT2D eigenvalue weighted by molar-refractivity contribution is 6.05. The number of benzene rings is 2. The molecule has 1 atom stereocenters. The van der Waals surface area contributed by atoms with E-state index in [2.05, 4.69) is 41.3 Å². The Kier molecular flexibility index (Phi) is 10.4. The van der Waals surface area contributed by atoms with Crippen LogP contribution >= 0.6 is 0 Å². The summed E-state index contributed by atoms with van der Waals surface area (Å²) < 4.78 is 18.7. The molecular formula is C31H42N6O5. The molecule has 1 fully saturated rings. The van der Waals surface area contributed by atoms with Crippen molar-refractivity contribution in [2.24, 2.45) is 0 Å². The highest BCUT2D eigenvalue weighted by Gasteiger charge is 2.25. The van der Waals surface area contributed by atoms with Crippen molar-refractivity contribution in [3.05, 3.63) is 53.3 Å². The van der Waals surface area contributed by atoms with Gasteiger partial charge in [-0.1, -0.05) is 32.4 Å². The van der Waals surface area contributed by atoms with Crippen LogP contribution < -0.4 is 19.5 Å². The van der Waals surface area contributed by atoms with E-state index in [1.165, 1.54) is 4.68 Å². The first-order valence-corrected chi connectivity index (χ1v) is 14.6. The molecule has 1 saturated heterocycles. The van der Waals surface area contributed by atoms with Crippen LogP contribution in [0.1, 0.15) is 66.6 Å². The molecule has 0 aliphatic carbocycles. The van der Waals surface area contributed by atoms with Gasteiger partial charge in [-0.3, -0.25) is 9.59 Å². The van der Waals surface area contributed by atoms with Gasteiger partial charge in [0, 0.05) is 37.8 Å². The summed E-state index contributed by atoms with van der Waals surface area (Å²) in [7, 11) is 3.14. The van der Waals surface area contributed by atoms with E-state index in [4.69, 9.17) is 14.2 Å². The van der Waals surface area contributed by atoms with Crippen LogP contribution in [0.15, 0.2) is 36.4 Å². The maximum atomic E-state index is 13.6. The lowest BCUT2D eigenvalue weighted by atomic mass is 10.1. The predicted octanol–water partition coefficient (Wildman–Crippen LogP) is 4.58. The number of likely N-dealkylation sites (N-methyl/N-ethyl adjacent to an activating group) is 1. The second kappa shape index (κ2) is 14.2. The summed E-state index contributed by atoms with van der Waals surface area (Å²) in [6.45, 7) is 12.0. The minimum atomic E-state index is -0.463. The van der Waals surface area contributed by atoms with Crippen LogP contribution in [-0.2, 0) is 0 Å². The first-order chi connectivity index (χ1) is 20.3. The van der Waals surface area contributed by atoms with Gasteiger partial charge in [0.2, 0.25) is 0 Å². The minimum Gasteiger partial charge on any atom is -0.497 e. The van der Waals surface area contributed by atoms with Crippen LogP contribution in [0.5, 0.6) is 17.2 Å². The van der Waals surface area contributed by atoms with Gasteiger partial charge < -0.3 is 29.3 Å². The van der Waals surface area contributed by atoms with Gasteiger partial charge >= 0.3 is 0 Å². The van der Waals surface area contributed by atoms with E-state index in [0.717, 1.165) is 38.9 Å². The fourth-order valence-corrected chi connectivity index (χ4v) is 5.07. The molecule has 0 spiro atoms. The topological polar surface area (TPSA) is 111 Å². The Labute approximate surface area is 247 Å². The van der Waals surface area contributed by atoms with Crippen LogP contribution in [0.2, 0.25) is 0 Å². The highest BCUT2D eigenvalue weighted by Crippen LogP contribution is 2.31. The smallest absolute Gasteiger partial charge is 0.278 e. The Balaban J connectivity index is 1.64. The molecule has 11 nitrogen and oxygen atoms in total. The molecule has 2 amide bonds. The SMILES string of the molecule is CCC[C@H](CC)Oc1ccc(C(=O)N2CCN(CC)CC2)cc1NC(=O)c1nnn(-c2cc(OC)ccc2OC)c1C. The molecule has 1 aliphatic rings. The first kappa shape index (κ1) is 30.8. The molecule has 0 bridgehead atoms. The molecular weight excluding hydrogens is 536 g/mol. The standard InChI is InChI=1S/C31H42N6O5/c1-7-10-23(8-2)42-27-13-11-22(31(39)36-17-15-35(9-3)16-18-36)19-25(27)32-30(38)29-21(4)37(34-33-29)26-20-24(40-5)12-14-28(26)41-6/h11-14,19-20,23H,7-10,15-18H2,1-6H3,(H,32,38)/t23-/m0/s1. The van der Waals surface area contributed by atoms with Crippen molar-refractivity contribution in [3.8, 4) is 22.9 Å². The number of amides is 2. The molecule has 11 heteroatoms. The summed E-state index contributed by atoms with van der Waals surface area (Å²) in [5.74, 6) is 1.15. The lowest BCUT2D eigenvalue weighted by molar-refractivity contribution is 0.0643.